The molecule has 33 heavy (non-hydrogen) atoms. The van der Waals surface area contributed by atoms with E-state index in [0.717, 1.165) is 49.8 Å². The smallest absolute Gasteiger partial charge is 0.252 e. The molecule has 6 heteroatoms. The number of nitrogens with zero attached hydrogens (tertiary/aromatic N) is 2. The molecule has 3 aromatic rings. The lowest BCUT2D eigenvalue weighted by Gasteiger charge is -2.46. The minimum absolute atomic E-state index is 0.0504. The van der Waals surface area contributed by atoms with E-state index < -0.39 is 11.3 Å². The van der Waals surface area contributed by atoms with Gasteiger partial charge in [0, 0.05) is 35.8 Å². The number of fused-ring (bicyclic) bond motifs is 10. The lowest BCUT2D eigenvalue weighted by Crippen LogP contribution is -2.59. The fraction of sp³-hybridized carbons (Fsp3) is 0.296. The van der Waals surface area contributed by atoms with Gasteiger partial charge in [0.2, 0.25) is 0 Å². The molecule has 5 heterocycles. The molecule has 0 spiro atoms. The number of ether oxygens (including phenoxy) is 1. The van der Waals surface area contributed by atoms with Crippen LogP contribution in [0.1, 0.15) is 48.0 Å². The lowest BCUT2D eigenvalue weighted by atomic mass is 9.86. The molecule has 3 atom stereocenters. The van der Waals surface area contributed by atoms with Gasteiger partial charge in [-0.2, -0.15) is 0 Å². The van der Waals surface area contributed by atoms with Crippen LogP contribution in [-0.2, 0) is 11.3 Å². The van der Waals surface area contributed by atoms with E-state index in [9.17, 15) is 9.90 Å². The number of anilines is 1. The first-order chi connectivity index (χ1) is 15.8. The lowest BCUT2D eigenvalue weighted by molar-refractivity contribution is -0.121. The predicted octanol–water partition coefficient (Wildman–Crippen LogP) is 4.38. The zero-order valence-electron chi connectivity index (χ0n) is 18.7. The van der Waals surface area contributed by atoms with Crippen LogP contribution in [0.25, 0.3) is 27.4 Å². The summed E-state index contributed by atoms with van der Waals surface area (Å²) in [5, 5.41) is 16.7. The third-order valence-corrected chi connectivity index (χ3v) is 8.04. The second kappa shape index (κ2) is 5.95. The highest BCUT2D eigenvalue weighted by atomic mass is 16.6. The highest BCUT2D eigenvalue weighted by molar-refractivity contribution is 6.24. The highest BCUT2D eigenvalue weighted by Gasteiger charge is 2.60. The molecule has 0 aliphatic carbocycles. The maximum atomic E-state index is 13.2. The topological polar surface area (TPSA) is 66.7 Å². The minimum atomic E-state index is -1.09. The Labute approximate surface area is 191 Å². The van der Waals surface area contributed by atoms with Crippen molar-refractivity contribution in [1.82, 2.24) is 9.88 Å². The summed E-state index contributed by atoms with van der Waals surface area (Å²) in [5.74, 6) is -0.0504. The van der Waals surface area contributed by atoms with Gasteiger partial charge in [-0.3, -0.25) is 4.79 Å². The van der Waals surface area contributed by atoms with E-state index in [2.05, 4.69) is 39.6 Å². The predicted molar refractivity (Wildman–Crippen MR) is 129 cm³/mol. The van der Waals surface area contributed by atoms with Crippen molar-refractivity contribution in [1.29, 1.82) is 0 Å². The Kier molecular flexibility index (Phi) is 3.46. The molecule has 7 rings (SSSR count). The molecule has 2 N–H and O–H groups in total. The van der Waals surface area contributed by atoms with E-state index in [1.807, 2.05) is 44.2 Å². The molecule has 2 unspecified atom stereocenters. The van der Waals surface area contributed by atoms with Crippen LogP contribution >= 0.6 is 0 Å². The van der Waals surface area contributed by atoms with E-state index in [-0.39, 0.29) is 12.1 Å². The van der Waals surface area contributed by atoms with Crippen LogP contribution in [0.5, 0.6) is 0 Å². The summed E-state index contributed by atoms with van der Waals surface area (Å²) in [6.45, 7) is 9.26. The molecule has 1 saturated heterocycles. The molecule has 1 amide bonds. The number of hydrogen-bond donors (Lipinski definition) is 2. The van der Waals surface area contributed by atoms with Crippen LogP contribution in [0.15, 0.2) is 55.1 Å². The monoisotopic (exact) mass is 439 g/mol. The summed E-state index contributed by atoms with van der Waals surface area (Å²) >= 11 is 0. The molecule has 1 fully saturated rings. The number of aliphatic hydroxyl groups is 1. The van der Waals surface area contributed by atoms with Gasteiger partial charge in [0.05, 0.1) is 22.3 Å². The number of hydrogen-bond acceptors (Lipinski definition) is 4. The number of rotatable bonds is 0. The van der Waals surface area contributed by atoms with Gasteiger partial charge in [0.25, 0.3) is 5.91 Å². The van der Waals surface area contributed by atoms with Crippen LogP contribution in [-0.4, -0.2) is 33.5 Å². The van der Waals surface area contributed by atoms with E-state index in [0.29, 0.717) is 19.5 Å². The first-order valence-corrected chi connectivity index (χ1v) is 11.4. The molecule has 0 radical (unpaired) electrons. The Bertz CT molecular complexity index is 1490. The van der Waals surface area contributed by atoms with Crippen molar-refractivity contribution < 1.29 is 14.6 Å². The average Bonchev–Trinajstić information content (AvgIpc) is 3.38. The molecule has 2 aromatic carbocycles. The van der Waals surface area contributed by atoms with Crippen molar-refractivity contribution in [3.63, 3.8) is 0 Å². The maximum absolute atomic E-state index is 13.2. The summed E-state index contributed by atoms with van der Waals surface area (Å²) in [7, 11) is 0. The highest BCUT2D eigenvalue weighted by Crippen LogP contribution is 2.57. The van der Waals surface area contributed by atoms with Crippen molar-refractivity contribution in [2.24, 2.45) is 0 Å². The molecule has 0 saturated carbocycles. The zero-order chi connectivity index (χ0) is 22.7. The van der Waals surface area contributed by atoms with Crippen LogP contribution < -0.4 is 10.2 Å². The summed E-state index contributed by atoms with van der Waals surface area (Å²) in [5.41, 5.74) is 4.40. The first-order valence-electron chi connectivity index (χ1n) is 11.4. The van der Waals surface area contributed by atoms with Crippen molar-refractivity contribution in [3.8, 4) is 0 Å². The van der Waals surface area contributed by atoms with E-state index in [1.54, 1.807) is 0 Å². The number of carbonyl (C=O) groups is 1. The van der Waals surface area contributed by atoms with Gasteiger partial charge in [-0.05, 0) is 31.1 Å². The van der Waals surface area contributed by atoms with Gasteiger partial charge >= 0.3 is 0 Å². The Morgan fingerprint density at radius 3 is 2.88 bits per heavy atom. The Hall–Kier alpha value is -3.35. The Morgan fingerprint density at radius 1 is 1.21 bits per heavy atom. The van der Waals surface area contributed by atoms with Gasteiger partial charge < -0.3 is 24.6 Å². The van der Waals surface area contributed by atoms with Crippen molar-refractivity contribution in [2.75, 3.05) is 11.4 Å². The van der Waals surface area contributed by atoms with E-state index in [4.69, 9.17) is 4.74 Å². The molecule has 1 aromatic heterocycles. The minimum Gasteiger partial charge on any atom is -0.385 e. The number of benzene rings is 2. The number of para-hydroxylation sites is 1. The first kappa shape index (κ1) is 19.1. The van der Waals surface area contributed by atoms with Crippen LogP contribution in [0.2, 0.25) is 0 Å². The second-order valence-corrected chi connectivity index (χ2v) is 9.83. The van der Waals surface area contributed by atoms with Gasteiger partial charge in [0.15, 0.2) is 5.72 Å². The van der Waals surface area contributed by atoms with Crippen molar-refractivity contribution in [3.05, 3.63) is 71.8 Å². The average molecular weight is 440 g/mol. The van der Waals surface area contributed by atoms with E-state index in [1.165, 1.54) is 0 Å². The largest absolute Gasteiger partial charge is 0.385 e. The maximum Gasteiger partial charge on any atom is 0.252 e. The van der Waals surface area contributed by atoms with Crippen LogP contribution in [0.3, 0.4) is 0 Å². The third kappa shape index (κ3) is 2.13. The number of amides is 1. The quantitative estimate of drug-likeness (QED) is 0.546. The second-order valence-electron chi connectivity index (χ2n) is 9.83. The number of nitrogens with one attached hydrogen (secondary N) is 1. The van der Waals surface area contributed by atoms with Gasteiger partial charge in [-0.15, -0.1) is 0 Å². The molecule has 4 aliphatic rings. The normalized spacial score (nSPS) is 31.7. The Morgan fingerprint density at radius 2 is 2.03 bits per heavy atom. The molecular formula is C27H25N3O3. The third-order valence-electron chi connectivity index (χ3n) is 8.04. The zero-order valence-corrected chi connectivity index (χ0v) is 18.7. The number of aromatic nitrogens is 1. The molecular weight excluding hydrogens is 414 g/mol. The van der Waals surface area contributed by atoms with Crippen molar-refractivity contribution in [2.45, 2.75) is 44.4 Å². The number of allylic oxidation sites excluding steroid dienone is 4. The molecule has 4 aliphatic heterocycles. The molecule has 6 nitrogen and oxygen atoms in total. The van der Waals surface area contributed by atoms with Gasteiger partial charge in [-0.1, -0.05) is 49.1 Å². The van der Waals surface area contributed by atoms with Gasteiger partial charge in [0.1, 0.15) is 11.8 Å². The standard InChI is InChI=1S/C27H25N3O3/c1-15-9-5-4-8-12-29-23-20(15)17-14-28-25(31)22(17)21-16-10-6-7-11-18(16)30(24(21)23)19-13-26(2,32)27(29,3)33-19/h4-11,19,32H,1,12-14H2,2-3H3,(H,28,31)/b8-4-,9-5-/t19?,26?,27-/m0/s1. The Balaban J connectivity index is 1.78. The summed E-state index contributed by atoms with van der Waals surface area (Å²) in [6.07, 6.45) is 8.16. The van der Waals surface area contributed by atoms with E-state index >= 15 is 0 Å². The molecule has 166 valence electrons. The molecule has 2 bridgehead atoms. The van der Waals surface area contributed by atoms with Crippen LogP contribution in [0.4, 0.5) is 5.69 Å². The summed E-state index contributed by atoms with van der Waals surface area (Å²) < 4.78 is 8.94. The summed E-state index contributed by atoms with van der Waals surface area (Å²) in [4.78, 5) is 15.4. The fourth-order valence-electron chi connectivity index (χ4n) is 6.32. The summed E-state index contributed by atoms with van der Waals surface area (Å²) in [6, 6.07) is 8.18. The fourth-order valence-corrected chi connectivity index (χ4v) is 6.32. The van der Waals surface area contributed by atoms with Crippen molar-refractivity contribution >= 4 is 39.0 Å². The number of carbonyl (C=O) groups excluding carboxylic acids is 1. The van der Waals surface area contributed by atoms with Crippen LogP contribution in [0, 0.1) is 0 Å². The van der Waals surface area contributed by atoms with Gasteiger partial charge in [-0.25, -0.2) is 0 Å². The SMILES string of the molecule is C=C1/C=C\C=C/CN2c3c1c1c(c4c5ccccc5n(c34)C3CC(C)(O)[C@]2(C)O3)C(=O)NC1.